The molecule has 0 aliphatic carbocycles. The average Bonchev–Trinajstić information content (AvgIpc) is 2.67. The summed E-state index contributed by atoms with van der Waals surface area (Å²) in [5.74, 6) is 0.782. The summed E-state index contributed by atoms with van der Waals surface area (Å²) in [4.78, 5) is 2.63. The summed E-state index contributed by atoms with van der Waals surface area (Å²) < 4.78 is 5.76. The standard InChI is InChI=1S/C12H24N2O/c1-10(2)12-4-3-6-14(12)9-11-8-13-5-7-15-11/h10-13H,3-9H2,1-2H3. The van der Waals surface area contributed by atoms with Gasteiger partial charge in [-0.2, -0.15) is 0 Å². The van der Waals surface area contributed by atoms with Crippen molar-refractivity contribution in [2.75, 3.05) is 32.8 Å². The molecule has 2 heterocycles. The van der Waals surface area contributed by atoms with Gasteiger partial charge in [-0.15, -0.1) is 0 Å². The van der Waals surface area contributed by atoms with E-state index in [4.69, 9.17) is 4.74 Å². The highest BCUT2D eigenvalue weighted by molar-refractivity contribution is 4.84. The van der Waals surface area contributed by atoms with Crippen LogP contribution in [0.5, 0.6) is 0 Å². The maximum absolute atomic E-state index is 5.76. The van der Waals surface area contributed by atoms with Gasteiger partial charge in [0.15, 0.2) is 0 Å². The number of rotatable bonds is 3. The molecule has 15 heavy (non-hydrogen) atoms. The first-order chi connectivity index (χ1) is 7.27. The van der Waals surface area contributed by atoms with Crippen LogP contribution in [0.1, 0.15) is 26.7 Å². The molecule has 0 saturated carbocycles. The van der Waals surface area contributed by atoms with Gasteiger partial charge >= 0.3 is 0 Å². The molecule has 2 unspecified atom stereocenters. The lowest BCUT2D eigenvalue weighted by Crippen LogP contribution is -2.47. The van der Waals surface area contributed by atoms with Gasteiger partial charge in [0.1, 0.15) is 0 Å². The molecule has 0 bridgehead atoms. The summed E-state index contributed by atoms with van der Waals surface area (Å²) in [6.07, 6.45) is 3.15. The molecule has 0 aromatic heterocycles. The predicted molar refractivity (Wildman–Crippen MR) is 62.0 cm³/mol. The first-order valence-electron chi connectivity index (χ1n) is 6.33. The van der Waals surface area contributed by atoms with Gasteiger partial charge in [-0.25, -0.2) is 0 Å². The van der Waals surface area contributed by atoms with Crippen molar-refractivity contribution in [2.24, 2.45) is 5.92 Å². The third-order valence-corrected chi connectivity index (χ3v) is 3.63. The average molecular weight is 212 g/mol. The second-order valence-corrected chi connectivity index (χ2v) is 5.15. The number of ether oxygens (including phenoxy) is 1. The van der Waals surface area contributed by atoms with Crippen LogP contribution in [-0.4, -0.2) is 49.8 Å². The van der Waals surface area contributed by atoms with E-state index < -0.39 is 0 Å². The fourth-order valence-corrected chi connectivity index (χ4v) is 2.83. The van der Waals surface area contributed by atoms with Crippen LogP contribution < -0.4 is 5.32 Å². The minimum atomic E-state index is 0.415. The highest BCUT2D eigenvalue weighted by atomic mass is 16.5. The highest BCUT2D eigenvalue weighted by Crippen LogP contribution is 2.24. The Labute approximate surface area is 93.2 Å². The lowest BCUT2D eigenvalue weighted by molar-refractivity contribution is -0.000148. The molecule has 0 aromatic rings. The summed E-state index contributed by atoms with van der Waals surface area (Å²) >= 11 is 0. The van der Waals surface area contributed by atoms with E-state index in [1.165, 1.54) is 19.4 Å². The van der Waals surface area contributed by atoms with Crippen LogP contribution in [0.4, 0.5) is 0 Å². The zero-order valence-corrected chi connectivity index (χ0v) is 10.0. The molecule has 1 N–H and O–H groups in total. The third kappa shape index (κ3) is 2.92. The Morgan fingerprint density at radius 2 is 2.33 bits per heavy atom. The number of nitrogens with one attached hydrogen (secondary N) is 1. The molecule has 2 atom stereocenters. The second kappa shape index (κ2) is 5.28. The quantitative estimate of drug-likeness (QED) is 0.758. The van der Waals surface area contributed by atoms with E-state index in [9.17, 15) is 0 Å². The topological polar surface area (TPSA) is 24.5 Å². The van der Waals surface area contributed by atoms with Crippen molar-refractivity contribution in [3.05, 3.63) is 0 Å². The minimum absolute atomic E-state index is 0.415. The fraction of sp³-hybridized carbons (Fsp3) is 1.00. The maximum Gasteiger partial charge on any atom is 0.0826 e. The Bertz CT molecular complexity index is 190. The van der Waals surface area contributed by atoms with Crippen LogP contribution in [0.15, 0.2) is 0 Å². The maximum atomic E-state index is 5.76. The van der Waals surface area contributed by atoms with E-state index in [2.05, 4.69) is 24.1 Å². The first kappa shape index (κ1) is 11.4. The van der Waals surface area contributed by atoms with E-state index in [0.29, 0.717) is 6.10 Å². The van der Waals surface area contributed by atoms with Crippen molar-refractivity contribution in [1.82, 2.24) is 10.2 Å². The van der Waals surface area contributed by atoms with Gasteiger partial charge in [-0.1, -0.05) is 13.8 Å². The lowest BCUT2D eigenvalue weighted by atomic mass is 10.0. The zero-order valence-electron chi connectivity index (χ0n) is 10.0. The van der Waals surface area contributed by atoms with Crippen molar-refractivity contribution < 1.29 is 4.74 Å². The molecule has 0 aromatic carbocycles. The van der Waals surface area contributed by atoms with Crippen LogP contribution in [-0.2, 0) is 4.74 Å². The molecule has 0 amide bonds. The van der Waals surface area contributed by atoms with Gasteiger partial charge in [0.25, 0.3) is 0 Å². The smallest absolute Gasteiger partial charge is 0.0826 e. The number of morpholine rings is 1. The molecule has 0 radical (unpaired) electrons. The summed E-state index contributed by atoms with van der Waals surface area (Å²) in [6, 6.07) is 0.788. The summed E-state index contributed by atoms with van der Waals surface area (Å²) in [6.45, 7) is 9.99. The molecular formula is C12H24N2O. The Morgan fingerprint density at radius 3 is 3.00 bits per heavy atom. The van der Waals surface area contributed by atoms with Crippen molar-refractivity contribution >= 4 is 0 Å². The molecule has 2 fully saturated rings. The second-order valence-electron chi connectivity index (χ2n) is 5.15. The zero-order chi connectivity index (χ0) is 10.7. The molecule has 2 aliphatic rings. The summed E-state index contributed by atoms with van der Waals surface area (Å²) in [5.41, 5.74) is 0. The molecular weight excluding hydrogens is 188 g/mol. The van der Waals surface area contributed by atoms with E-state index in [1.807, 2.05) is 0 Å². The van der Waals surface area contributed by atoms with E-state index in [0.717, 1.165) is 38.2 Å². The van der Waals surface area contributed by atoms with Gasteiger partial charge in [0.2, 0.25) is 0 Å². The van der Waals surface area contributed by atoms with Crippen molar-refractivity contribution in [1.29, 1.82) is 0 Å². The number of hydrogen-bond acceptors (Lipinski definition) is 3. The number of hydrogen-bond donors (Lipinski definition) is 1. The third-order valence-electron chi connectivity index (χ3n) is 3.63. The summed E-state index contributed by atoms with van der Waals surface area (Å²) in [7, 11) is 0. The number of likely N-dealkylation sites (tertiary alicyclic amines) is 1. The van der Waals surface area contributed by atoms with Gasteiger partial charge in [-0.05, 0) is 25.3 Å². The SMILES string of the molecule is CC(C)C1CCCN1CC1CNCCO1. The largest absolute Gasteiger partial charge is 0.374 e. The molecule has 2 saturated heterocycles. The lowest BCUT2D eigenvalue weighted by Gasteiger charge is -2.33. The molecule has 2 rings (SSSR count). The van der Waals surface area contributed by atoms with Gasteiger partial charge in [0.05, 0.1) is 12.7 Å². The summed E-state index contributed by atoms with van der Waals surface area (Å²) in [5, 5.41) is 3.40. The fourth-order valence-electron chi connectivity index (χ4n) is 2.83. The van der Waals surface area contributed by atoms with Crippen molar-refractivity contribution in [3.8, 4) is 0 Å². The van der Waals surface area contributed by atoms with Gasteiger partial charge in [-0.3, -0.25) is 4.90 Å². The van der Waals surface area contributed by atoms with Crippen LogP contribution in [0.3, 0.4) is 0 Å². The van der Waals surface area contributed by atoms with Gasteiger partial charge in [0, 0.05) is 25.7 Å². The minimum Gasteiger partial charge on any atom is -0.374 e. The molecule has 3 nitrogen and oxygen atoms in total. The Hall–Kier alpha value is -0.120. The molecule has 3 heteroatoms. The molecule has 88 valence electrons. The highest BCUT2D eigenvalue weighted by Gasteiger charge is 2.29. The monoisotopic (exact) mass is 212 g/mol. The Kier molecular flexibility index (Phi) is 4.00. The van der Waals surface area contributed by atoms with E-state index >= 15 is 0 Å². The van der Waals surface area contributed by atoms with Crippen LogP contribution in [0.25, 0.3) is 0 Å². The van der Waals surface area contributed by atoms with Crippen molar-refractivity contribution in [2.45, 2.75) is 38.8 Å². The van der Waals surface area contributed by atoms with Crippen molar-refractivity contribution in [3.63, 3.8) is 0 Å². The number of nitrogens with zero attached hydrogens (tertiary/aromatic N) is 1. The van der Waals surface area contributed by atoms with Crippen LogP contribution >= 0.6 is 0 Å². The first-order valence-corrected chi connectivity index (χ1v) is 6.33. The van der Waals surface area contributed by atoms with Gasteiger partial charge < -0.3 is 10.1 Å². The van der Waals surface area contributed by atoms with E-state index in [-0.39, 0.29) is 0 Å². The van der Waals surface area contributed by atoms with Crippen LogP contribution in [0.2, 0.25) is 0 Å². The molecule has 2 aliphatic heterocycles. The van der Waals surface area contributed by atoms with Crippen LogP contribution in [0, 0.1) is 5.92 Å². The normalized spacial score (nSPS) is 33.8. The Balaban J connectivity index is 1.81. The molecule has 0 spiro atoms. The Morgan fingerprint density at radius 1 is 1.47 bits per heavy atom. The van der Waals surface area contributed by atoms with E-state index in [1.54, 1.807) is 0 Å². The predicted octanol–water partition coefficient (Wildman–Crippen LogP) is 1.10.